The molecule has 8 heteroatoms. The van der Waals surface area contributed by atoms with E-state index in [1.54, 1.807) is 17.1 Å². The molecule has 0 saturated carbocycles. The average Bonchev–Trinajstić information content (AvgIpc) is 3.48. The SMILES string of the molecule is O=C(NCCn1ncc2c(NCc3ccco3)ncnc21)c1cccc2ccccc12. The van der Waals surface area contributed by atoms with E-state index in [0.717, 1.165) is 21.9 Å². The lowest BCUT2D eigenvalue weighted by atomic mass is 10.0. The molecular formula is C23H20N6O2. The maximum atomic E-state index is 12.7. The molecule has 2 aromatic carbocycles. The first-order valence-corrected chi connectivity index (χ1v) is 9.98. The van der Waals surface area contributed by atoms with E-state index < -0.39 is 0 Å². The quantitative estimate of drug-likeness (QED) is 0.424. The number of anilines is 1. The molecule has 0 aliphatic heterocycles. The number of furan rings is 1. The van der Waals surface area contributed by atoms with Gasteiger partial charge in [-0.2, -0.15) is 5.10 Å². The molecule has 0 aliphatic carbocycles. The summed E-state index contributed by atoms with van der Waals surface area (Å²) in [6.07, 6.45) is 4.86. The second-order valence-corrected chi connectivity index (χ2v) is 7.04. The van der Waals surface area contributed by atoms with Crippen molar-refractivity contribution >= 4 is 33.5 Å². The van der Waals surface area contributed by atoms with E-state index in [1.807, 2.05) is 54.6 Å². The van der Waals surface area contributed by atoms with Gasteiger partial charge in [-0.15, -0.1) is 0 Å². The van der Waals surface area contributed by atoms with Crippen molar-refractivity contribution in [1.29, 1.82) is 0 Å². The van der Waals surface area contributed by atoms with E-state index in [0.29, 0.717) is 36.7 Å². The molecule has 154 valence electrons. The Morgan fingerprint density at radius 1 is 1.00 bits per heavy atom. The molecule has 0 spiro atoms. The van der Waals surface area contributed by atoms with Gasteiger partial charge in [-0.25, -0.2) is 14.6 Å². The Labute approximate surface area is 177 Å². The number of fused-ring (bicyclic) bond motifs is 2. The van der Waals surface area contributed by atoms with E-state index in [9.17, 15) is 4.79 Å². The zero-order chi connectivity index (χ0) is 21.0. The van der Waals surface area contributed by atoms with Gasteiger partial charge in [0.25, 0.3) is 5.91 Å². The number of carbonyl (C=O) groups excluding carboxylic acids is 1. The maximum absolute atomic E-state index is 12.7. The molecule has 0 aliphatic rings. The van der Waals surface area contributed by atoms with E-state index in [4.69, 9.17) is 4.42 Å². The minimum absolute atomic E-state index is 0.108. The summed E-state index contributed by atoms with van der Waals surface area (Å²) in [6.45, 7) is 1.44. The largest absolute Gasteiger partial charge is 0.467 e. The predicted molar refractivity (Wildman–Crippen MR) is 118 cm³/mol. The molecule has 0 unspecified atom stereocenters. The van der Waals surface area contributed by atoms with Crippen molar-refractivity contribution in [3.05, 3.63) is 84.7 Å². The van der Waals surface area contributed by atoms with E-state index in [1.165, 1.54) is 6.33 Å². The Hall–Kier alpha value is -4.20. The van der Waals surface area contributed by atoms with Crippen molar-refractivity contribution in [1.82, 2.24) is 25.1 Å². The van der Waals surface area contributed by atoms with Crippen LogP contribution in [0.4, 0.5) is 5.82 Å². The van der Waals surface area contributed by atoms with Crippen molar-refractivity contribution in [3.8, 4) is 0 Å². The number of rotatable bonds is 7. The molecule has 3 aromatic heterocycles. The number of aromatic nitrogens is 4. The lowest BCUT2D eigenvalue weighted by Gasteiger charge is -2.09. The monoisotopic (exact) mass is 412 g/mol. The van der Waals surface area contributed by atoms with Crippen LogP contribution >= 0.6 is 0 Å². The highest BCUT2D eigenvalue weighted by Gasteiger charge is 2.12. The van der Waals surface area contributed by atoms with Crippen LogP contribution in [0.15, 0.2) is 77.8 Å². The van der Waals surface area contributed by atoms with Gasteiger partial charge >= 0.3 is 0 Å². The van der Waals surface area contributed by atoms with Crippen LogP contribution in [0.2, 0.25) is 0 Å². The Morgan fingerprint density at radius 2 is 1.90 bits per heavy atom. The first-order chi connectivity index (χ1) is 15.3. The standard InChI is InChI=1S/C23H20N6O2/c30-23(19-9-3-6-16-5-1-2-8-18(16)19)24-10-11-29-22-20(14-28-29)21(26-15-27-22)25-13-17-7-4-12-31-17/h1-9,12,14-15H,10-11,13H2,(H,24,30)(H,25,26,27). The first kappa shape index (κ1) is 18.8. The number of benzene rings is 2. The fourth-order valence-electron chi connectivity index (χ4n) is 3.58. The van der Waals surface area contributed by atoms with Crippen molar-refractivity contribution in [2.24, 2.45) is 0 Å². The second kappa shape index (κ2) is 8.27. The van der Waals surface area contributed by atoms with Gasteiger partial charge in [0, 0.05) is 12.1 Å². The molecule has 31 heavy (non-hydrogen) atoms. The fourth-order valence-corrected chi connectivity index (χ4v) is 3.58. The van der Waals surface area contributed by atoms with Crippen LogP contribution in [-0.2, 0) is 13.1 Å². The van der Waals surface area contributed by atoms with Gasteiger partial charge in [0.15, 0.2) is 5.65 Å². The summed E-state index contributed by atoms with van der Waals surface area (Å²) in [6, 6.07) is 17.3. The molecule has 0 bridgehead atoms. The highest BCUT2D eigenvalue weighted by Crippen LogP contribution is 2.20. The summed E-state index contributed by atoms with van der Waals surface area (Å²) in [5, 5.41) is 13.4. The van der Waals surface area contributed by atoms with Crippen LogP contribution in [0.1, 0.15) is 16.1 Å². The third kappa shape index (κ3) is 3.83. The number of nitrogens with one attached hydrogen (secondary N) is 2. The Morgan fingerprint density at radius 3 is 2.81 bits per heavy atom. The Balaban J connectivity index is 1.27. The van der Waals surface area contributed by atoms with Gasteiger partial charge in [-0.1, -0.05) is 36.4 Å². The van der Waals surface area contributed by atoms with Gasteiger partial charge in [0.05, 0.1) is 30.9 Å². The van der Waals surface area contributed by atoms with E-state index >= 15 is 0 Å². The van der Waals surface area contributed by atoms with Crippen LogP contribution < -0.4 is 10.6 Å². The molecule has 0 saturated heterocycles. The Bertz CT molecular complexity index is 1340. The van der Waals surface area contributed by atoms with Crippen LogP contribution in [0.25, 0.3) is 21.8 Å². The summed E-state index contributed by atoms with van der Waals surface area (Å²) in [7, 11) is 0. The molecular weight excluding hydrogens is 392 g/mol. The van der Waals surface area contributed by atoms with Crippen molar-refractivity contribution in [2.45, 2.75) is 13.1 Å². The normalized spacial score (nSPS) is 11.1. The minimum Gasteiger partial charge on any atom is -0.467 e. The smallest absolute Gasteiger partial charge is 0.251 e. The molecule has 0 atom stereocenters. The van der Waals surface area contributed by atoms with Gasteiger partial charge in [0.1, 0.15) is 17.9 Å². The molecule has 8 nitrogen and oxygen atoms in total. The lowest BCUT2D eigenvalue weighted by Crippen LogP contribution is -2.27. The van der Waals surface area contributed by atoms with Gasteiger partial charge < -0.3 is 15.1 Å². The summed E-state index contributed by atoms with van der Waals surface area (Å²) in [5.41, 5.74) is 1.37. The second-order valence-electron chi connectivity index (χ2n) is 7.04. The van der Waals surface area contributed by atoms with Crippen LogP contribution in [0, 0.1) is 0 Å². The first-order valence-electron chi connectivity index (χ1n) is 9.98. The summed E-state index contributed by atoms with van der Waals surface area (Å²) in [5.74, 6) is 1.39. The highest BCUT2D eigenvalue weighted by atomic mass is 16.3. The summed E-state index contributed by atoms with van der Waals surface area (Å²) < 4.78 is 7.11. The number of hydrogen-bond acceptors (Lipinski definition) is 6. The third-order valence-corrected chi connectivity index (χ3v) is 5.09. The number of nitrogens with zero attached hydrogens (tertiary/aromatic N) is 4. The van der Waals surface area contributed by atoms with Gasteiger partial charge in [-0.3, -0.25) is 4.79 Å². The van der Waals surface area contributed by atoms with Crippen molar-refractivity contribution < 1.29 is 9.21 Å². The highest BCUT2D eigenvalue weighted by molar-refractivity contribution is 6.07. The molecule has 3 heterocycles. The zero-order valence-electron chi connectivity index (χ0n) is 16.7. The molecule has 1 amide bonds. The summed E-state index contributed by atoms with van der Waals surface area (Å²) in [4.78, 5) is 21.4. The molecule has 5 rings (SSSR count). The molecule has 0 radical (unpaired) electrons. The number of hydrogen-bond donors (Lipinski definition) is 2. The number of carbonyl (C=O) groups is 1. The molecule has 2 N–H and O–H groups in total. The number of amides is 1. The Kier molecular flexibility index (Phi) is 5.02. The van der Waals surface area contributed by atoms with Crippen LogP contribution in [0.3, 0.4) is 0 Å². The van der Waals surface area contributed by atoms with Crippen LogP contribution in [-0.4, -0.2) is 32.2 Å². The molecule has 5 aromatic rings. The van der Waals surface area contributed by atoms with E-state index in [2.05, 4.69) is 25.7 Å². The van der Waals surface area contributed by atoms with Gasteiger partial charge in [0.2, 0.25) is 0 Å². The van der Waals surface area contributed by atoms with Crippen LogP contribution in [0.5, 0.6) is 0 Å². The topological polar surface area (TPSA) is 97.9 Å². The predicted octanol–water partition coefficient (Wildman–Crippen LogP) is 3.61. The fraction of sp³-hybridized carbons (Fsp3) is 0.130. The summed E-state index contributed by atoms with van der Waals surface area (Å²) >= 11 is 0. The molecule has 0 fully saturated rings. The van der Waals surface area contributed by atoms with E-state index in [-0.39, 0.29) is 5.91 Å². The van der Waals surface area contributed by atoms with Crippen molar-refractivity contribution in [2.75, 3.05) is 11.9 Å². The lowest BCUT2D eigenvalue weighted by molar-refractivity contribution is 0.0953. The van der Waals surface area contributed by atoms with Gasteiger partial charge in [-0.05, 0) is 29.0 Å². The minimum atomic E-state index is -0.108. The third-order valence-electron chi connectivity index (χ3n) is 5.09. The zero-order valence-corrected chi connectivity index (χ0v) is 16.7. The average molecular weight is 412 g/mol. The van der Waals surface area contributed by atoms with Crippen molar-refractivity contribution in [3.63, 3.8) is 0 Å². The maximum Gasteiger partial charge on any atom is 0.251 e.